The van der Waals surface area contributed by atoms with Crippen molar-refractivity contribution in [2.75, 3.05) is 6.61 Å². The zero-order valence-corrected chi connectivity index (χ0v) is 8.82. The lowest BCUT2D eigenvalue weighted by Gasteiger charge is -2.06. The van der Waals surface area contributed by atoms with E-state index in [1.165, 1.54) is 6.07 Å². The number of carbonyl (C=O) groups is 1. The Morgan fingerprint density at radius 2 is 2.13 bits per heavy atom. The molecule has 0 unspecified atom stereocenters. The van der Waals surface area contributed by atoms with Gasteiger partial charge in [0.1, 0.15) is 5.75 Å². The van der Waals surface area contributed by atoms with Crippen molar-refractivity contribution in [3.63, 3.8) is 0 Å². The molecule has 1 rings (SSSR count). The summed E-state index contributed by atoms with van der Waals surface area (Å²) in [6, 6.07) is 3.53. The van der Waals surface area contributed by atoms with Crippen molar-refractivity contribution in [2.24, 2.45) is 0 Å². The van der Waals surface area contributed by atoms with Crippen LogP contribution >= 0.6 is 0 Å². The monoisotopic (exact) mass is 230 g/mol. The lowest BCUT2D eigenvalue weighted by molar-refractivity contribution is 0.111. The number of hydrogen-bond donors (Lipinski definition) is 1. The zero-order valence-electron chi connectivity index (χ0n) is 8.00. The van der Waals surface area contributed by atoms with Gasteiger partial charge in [0.25, 0.3) is 10.1 Å². The molecular weight excluding hydrogens is 220 g/mol. The number of rotatable bonds is 4. The average Bonchev–Trinajstić information content (AvgIpc) is 2.17. The van der Waals surface area contributed by atoms with Crippen molar-refractivity contribution in [3.05, 3.63) is 23.8 Å². The van der Waals surface area contributed by atoms with Crippen LogP contribution in [-0.2, 0) is 10.1 Å². The average molecular weight is 230 g/mol. The van der Waals surface area contributed by atoms with Gasteiger partial charge in [0, 0.05) is 6.07 Å². The Hall–Kier alpha value is -1.40. The summed E-state index contributed by atoms with van der Waals surface area (Å²) in [5.41, 5.74) is 0.240. The summed E-state index contributed by atoms with van der Waals surface area (Å²) in [4.78, 5) is 10.3. The van der Waals surface area contributed by atoms with Gasteiger partial charge in [-0.2, -0.15) is 8.42 Å². The predicted molar refractivity (Wildman–Crippen MR) is 52.8 cm³/mol. The fourth-order valence-electron chi connectivity index (χ4n) is 1.05. The van der Waals surface area contributed by atoms with Crippen LogP contribution in [0.2, 0.25) is 0 Å². The highest BCUT2D eigenvalue weighted by molar-refractivity contribution is 7.85. The van der Waals surface area contributed by atoms with Gasteiger partial charge in [0.2, 0.25) is 0 Å². The molecule has 15 heavy (non-hydrogen) atoms. The van der Waals surface area contributed by atoms with Crippen molar-refractivity contribution >= 4 is 16.4 Å². The first-order valence-corrected chi connectivity index (χ1v) is 5.62. The second-order valence-electron chi connectivity index (χ2n) is 2.73. The molecule has 0 saturated heterocycles. The van der Waals surface area contributed by atoms with E-state index in [0.717, 1.165) is 12.1 Å². The van der Waals surface area contributed by atoms with E-state index in [4.69, 9.17) is 9.29 Å². The van der Waals surface area contributed by atoms with Crippen LogP contribution in [-0.4, -0.2) is 25.9 Å². The summed E-state index contributed by atoms with van der Waals surface area (Å²) < 4.78 is 35.4. The molecule has 0 spiro atoms. The highest BCUT2D eigenvalue weighted by atomic mass is 32.2. The standard InChI is InChI=1S/C9H10O5S/c1-2-14-9-5-8(15(11,12)13)4-3-7(9)6-10/h3-6H,2H2,1H3,(H,11,12,13). The molecule has 0 aliphatic heterocycles. The number of aldehydes is 1. The topological polar surface area (TPSA) is 80.7 Å². The molecule has 0 fully saturated rings. The highest BCUT2D eigenvalue weighted by Crippen LogP contribution is 2.21. The number of carbonyl (C=O) groups excluding carboxylic acids is 1. The molecule has 0 bridgehead atoms. The Labute approximate surface area is 87.4 Å². The van der Waals surface area contributed by atoms with E-state index >= 15 is 0 Å². The van der Waals surface area contributed by atoms with E-state index < -0.39 is 10.1 Å². The van der Waals surface area contributed by atoms with E-state index in [-0.39, 0.29) is 16.2 Å². The minimum atomic E-state index is -4.26. The highest BCUT2D eigenvalue weighted by Gasteiger charge is 2.12. The predicted octanol–water partition coefficient (Wildman–Crippen LogP) is 1.14. The van der Waals surface area contributed by atoms with Gasteiger partial charge in [-0.05, 0) is 19.1 Å². The van der Waals surface area contributed by atoms with Crippen molar-refractivity contribution < 1.29 is 22.5 Å². The van der Waals surface area contributed by atoms with Crippen LogP contribution < -0.4 is 4.74 Å². The molecule has 5 nitrogen and oxygen atoms in total. The van der Waals surface area contributed by atoms with Gasteiger partial charge in [-0.3, -0.25) is 9.35 Å². The van der Waals surface area contributed by atoms with Crippen LogP contribution in [0.5, 0.6) is 5.75 Å². The van der Waals surface area contributed by atoms with E-state index in [1.54, 1.807) is 6.92 Å². The van der Waals surface area contributed by atoms with Crippen molar-refractivity contribution in [3.8, 4) is 5.75 Å². The third-order valence-electron chi connectivity index (χ3n) is 1.71. The maximum absolute atomic E-state index is 10.8. The summed E-state index contributed by atoms with van der Waals surface area (Å²) in [7, 11) is -4.26. The fourth-order valence-corrected chi connectivity index (χ4v) is 1.55. The SMILES string of the molecule is CCOc1cc(S(=O)(=O)O)ccc1C=O. The smallest absolute Gasteiger partial charge is 0.294 e. The third kappa shape index (κ3) is 2.77. The van der Waals surface area contributed by atoms with Gasteiger partial charge >= 0.3 is 0 Å². The minimum Gasteiger partial charge on any atom is -0.493 e. The number of benzene rings is 1. The lowest BCUT2D eigenvalue weighted by atomic mass is 10.2. The maximum atomic E-state index is 10.8. The van der Waals surface area contributed by atoms with Crippen LogP contribution in [0.25, 0.3) is 0 Å². The first kappa shape index (κ1) is 11.7. The van der Waals surface area contributed by atoms with Crippen molar-refractivity contribution in [1.29, 1.82) is 0 Å². The summed E-state index contributed by atoms with van der Waals surface area (Å²) in [5, 5.41) is 0. The molecule has 0 amide bonds. The molecule has 1 N–H and O–H groups in total. The molecule has 0 heterocycles. The van der Waals surface area contributed by atoms with Crippen molar-refractivity contribution in [2.45, 2.75) is 11.8 Å². The summed E-state index contributed by atoms with van der Waals surface area (Å²) in [6.07, 6.45) is 0.554. The largest absolute Gasteiger partial charge is 0.493 e. The summed E-state index contributed by atoms with van der Waals surface area (Å²) in [6.45, 7) is 2.00. The van der Waals surface area contributed by atoms with Crippen molar-refractivity contribution in [1.82, 2.24) is 0 Å². The van der Waals surface area contributed by atoms with Gasteiger partial charge in [0.15, 0.2) is 6.29 Å². The molecule has 82 valence electrons. The quantitative estimate of drug-likeness (QED) is 0.619. The molecule has 0 atom stereocenters. The van der Waals surface area contributed by atoms with Crippen LogP contribution in [0.15, 0.2) is 23.1 Å². The Morgan fingerprint density at radius 1 is 1.47 bits per heavy atom. The first-order chi connectivity index (χ1) is 6.99. The second-order valence-corrected chi connectivity index (χ2v) is 4.15. The van der Waals surface area contributed by atoms with Crippen LogP contribution in [0.3, 0.4) is 0 Å². The molecule has 1 aromatic rings. The van der Waals surface area contributed by atoms with Gasteiger partial charge in [-0.25, -0.2) is 0 Å². The second kappa shape index (κ2) is 4.41. The Morgan fingerprint density at radius 3 is 2.60 bits per heavy atom. The zero-order chi connectivity index (χ0) is 11.5. The van der Waals surface area contributed by atoms with E-state index in [9.17, 15) is 13.2 Å². The number of hydrogen-bond acceptors (Lipinski definition) is 4. The molecule has 0 aromatic heterocycles. The fraction of sp³-hybridized carbons (Fsp3) is 0.222. The lowest BCUT2D eigenvalue weighted by Crippen LogP contribution is -2.01. The Bertz CT molecular complexity index is 463. The third-order valence-corrected chi connectivity index (χ3v) is 2.56. The Balaban J connectivity index is 3.28. The maximum Gasteiger partial charge on any atom is 0.294 e. The summed E-state index contributed by atoms with van der Waals surface area (Å²) >= 11 is 0. The molecule has 1 aromatic carbocycles. The van der Waals surface area contributed by atoms with Gasteiger partial charge < -0.3 is 4.74 Å². The number of ether oxygens (including phenoxy) is 1. The van der Waals surface area contributed by atoms with Gasteiger partial charge in [-0.1, -0.05) is 0 Å². The van der Waals surface area contributed by atoms with E-state index in [0.29, 0.717) is 12.9 Å². The molecule has 0 radical (unpaired) electrons. The summed E-state index contributed by atoms with van der Waals surface area (Å²) in [5.74, 6) is 0.141. The van der Waals surface area contributed by atoms with Crippen LogP contribution in [0, 0.1) is 0 Å². The molecule has 0 aliphatic carbocycles. The van der Waals surface area contributed by atoms with Gasteiger partial charge in [0.05, 0.1) is 17.1 Å². The molecule has 0 saturated carbocycles. The van der Waals surface area contributed by atoms with E-state index in [2.05, 4.69) is 0 Å². The Kier molecular flexibility index (Phi) is 3.43. The first-order valence-electron chi connectivity index (χ1n) is 4.18. The molecular formula is C9H10O5S. The van der Waals surface area contributed by atoms with Crippen LogP contribution in [0.1, 0.15) is 17.3 Å². The molecule has 6 heteroatoms. The van der Waals surface area contributed by atoms with Gasteiger partial charge in [-0.15, -0.1) is 0 Å². The van der Waals surface area contributed by atoms with Crippen LogP contribution in [0.4, 0.5) is 0 Å². The van der Waals surface area contributed by atoms with E-state index in [1.807, 2.05) is 0 Å². The normalized spacial score (nSPS) is 11.1. The minimum absolute atomic E-state index is 0.141. The molecule has 0 aliphatic rings.